The Morgan fingerprint density at radius 1 is 1.31 bits per heavy atom. The predicted octanol–water partition coefficient (Wildman–Crippen LogP) is 2.74. The van der Waals surface area contributed by atoms with Gasteiger partial charge in [0.15, 0.2) is 0 Å². The fraction of sp³-hybridized carbons (Fsp3) is 0.476. The molecular weight excluding hydrogens is 326 g/mol. The molecule has 2 aliphatic heterocycles. The highest BCUT2D eigenvalue weighted by atomic mass is 16.2. The van der Waals surface area contributed by atoms with Crippen LogP contribution in [-0.4, -0.2) is 36.0 Å². The summed E-state index contributed by atoms with van der Waals surface area (Å²) in [6, 6.07) is 0. The Hall–Kier alpha value is -2.43. The summed E-state index contributed by atoms with van der Waals surface area (Å²) in [4.78, 5) is 31.2. The summed E-state index contributed by atoms with van der Waals surface area (Å²) in [5.41, 5.74) is 2.36. The Balaban J connectivity index is 1.54. The average molecular weight is 351 g/mol. The molecule has 3 unspecified atom stereocenters. The molecule has 26 heavy (non-hydrogen) atoms. The van der Waals surface area contributed by atoms with Gasteiger partial charge in [-0.3, -0.25) is 14.6 Å². The lowest BCUT2D eigenvalue weighted by molar-refractivity contribution is -0.146. The largest absolute Gasteiger partial charge is 0.334 e. The van der Waals surface area contributed by atoms with E-state index in [1.54, 1.807) is 4.90 Å². The molecule has 5 heteroatoms. The van der Waals surface area contributed by atoms with Crippen molar-refractivity contribution in [2.24, 2.45) is 21.7 Å². The summed E-state index contributed by atoms with van der Waals surface area (Å²) in [6.45, 7) is 7.78. The predicted molar refractivity (Wildman–Crippen MR) is 101 cm³/mol. The number of rotatable bonds is 1. The normalized spacial score (nSPS) is 34.7. The summed E-state index contributed by atoms with van der Waals surface area (Å²) in [7, 11) is 0. The highest BCUT2D eigenvalue weighted by Gasteiger charge is 2.53. The van der Waals surface area contributed by atoms with Gasteiger partial charge in [0.2, 0.25) is 0 Å². The van der Waals surface area contributed by atoms with Gasteiger partial charge in [-0.25, -0.2) is 0 Å². The minimum atomic E-state index is -0.564. The summed E-state index contributed by atoms with van der Waals surface area (Å²) < 4.78 is 0. The van der Waals surface area contributed by atoms with Crippen molar-refractivity contribution in [2.45, 2.75) is 33.6 Å². The van der Waals surface area contributed by atoms with Crippen LogP contribution in [0.4, 0.5) is 0 Å². The lowest BCUT2D eigenvalue weighted by Crippen LogP contribution is -2.46. The SMILES string of the molecule is CC1CCCN(C(=O)C(=O)NC2=CC=C3N=CC4(C)C=CC(=C2)C34C)C1. The van der Waals surface area contributed by atoms with Crippen LogP contribution in [0.15, 0.2) is 52.3 Å². The van der Waals surface area contributed by atoms with Gasteiger partial charge in [-0.15, -0.1) is 0 Å². The Morgan fingerprint density at radius 3 is 2.88 bits per heavy atom. The lowest BCUT2D eigenvalue weighted by atomic mass is 9.66. The second-order valence-corrected chi connectivity index (χ2v) is 8.23. The van der Waals surface area contributed by atoms with E-state index in [9.17, 15) is 9.59 Å². The Kier molecular flexibility index (Phi) is 3.79. The highest BCUT2D eigenvalue weighted by Crippen LogP contribution is 2.59. The van der Waals surface area contributed by atoms with Crippen LogP contribution in [0.1, 0.15) is 33.6 Å². The monoisotopic (exact) mass is 351 g/mol. The van der Waals surface area contributed by atoms with Crippen molar-refractivity contribution in [3.63, 3.8) is 0 Å². The number of nitrogens with one attached hydrogen (secondary N) is 1. The van der Waals surface area contributed by atoms with Gasteiger partial charge in [-0.2, -0.15) is 0 Å². The van der Waals surface area contributed by atoms with Crippen molar-refractivity contribution in [3.8, 4) is 0 Å². The Bertz CT molecular complexity index is 832. The van der Waals surface area contributed by atoms with Crippen molar-refractivity contribution < 1.29 is 9.59 Å². The van der Waals surface area contributed by atoms with E-state index in [1.165, 1.54) is 0 Å². The number of allylic oxidation sites excluding steroid dienone is 6. The maximum atomic E-state index is 12.5. The molecule has 4 rings (SSSR count). The molecule has 2 heterocycles. The van der Waals surface area contributed by atoms with Crippen molar-refractivity contribution in [1.82, 2.24) is 10.2 Å². The van der Waals surface area contributed by atoms with Crippen LogP contribution >= 0.6 is 0 Å². The second kappa shape index (κ2) is 5.79. The van der Waals surface area contributed by atoms with Gasteiger partial charge in [-0.05, 0) is 56.4 Å². The number of amides is 2. The van der Waals surface area contributed by atoms with Gasteiger partial charge in [-0.1, -0.05) is 19.1 Å². The number of carbonyl (C=O) groups excluding carboxylic acids is 2. The number of aliphatic imine (C=N–C) groups is 1. The molecule has 3 atom stereocenters. The first-order valence-corrected chi connectivity index (χ1v) is 9.33. The molecule has 0 aromatic rings. The molecule has 0 aromatic carbocycles. The fourth-order valence-electron chi connectivity index (χ4n) is 4.40. The third-order valence-corrected chi connectivity index (χ3v) is 6.38. The second-order valence-electron chi connectivity index (χ2n) is 8.23. The molecule has 0 radical (unpaired) electrons. The van der Waals surface area contributed by atoms with Gasteiger partial charge in [0, 0.05) is 35.8 Å². The van der Waals surface area contributed by atoms with Crippen LogP contribution in [0.2, 0.25) is 0 Å². The minimum Gasteiger partial charge on any atom is -0.334 e. The smallest absolute Gasteiger partial charge is 0.313 e. The zero-order valence-electron chi connectivity index (χ0n) is 15.6. The average Bonchev–Trinajstić information content (AvgIpc) is 2.93. The maximum Gasteiger partial charge on any atom is 0.313 e. The summed E-state index contributed by atoms with van der Waals surface area (Å²) in [5.74, 6) is -0.557. The molecule has 1 fully saturated rings. The van der Waals surface area contributed by atoms with E-state index in [0.29, 0.717) is 24.7 Å². The molecule has 5 nitrogen and oxygen atoms in total. The molecule has 4 aliphatic rings. The third kappa shape index (κ3) is 2.41. The van der Waals surface area contributed by atoms with E-state index in [-0.39, 0.29) is 10.8 Å². The Morgan fingerprint density at radius 2 is 2.12 bits per heavy atom. The van der Waals surface area contributed by atoms with Gasteiger partial charge in [0.1, 0.15) is 0 Å². The highest BCUT2D eigenvalue weighted by molar-refractivity contribution is 6.35. The quantitative estimate of drug-likeness (QED) is 0.739. The first-order valence-electron chi connectivity index (χ1n) is 9.33. The molecule has 2 amide bonds. The number of piperidine rings is 1. The molecule has 0 spiro atoms. The van der Waals surface area contributed by atoms with Crippen LogP contribution < -0.4 is 5.32 Å². The molecule has 0 saturated carbocycles. The van der Waals surface area contributed by atoms with Crippen molar-refractivity contribution in [3.05, 3.63) is 47.3 Å². The molecule has 1 N–H and O–H groups in total. The first kappa shape index (κ1) is 17.0. The minimum absolute atomic E-state index is 0.141. The Labute approximate surface area is 154 Å². The number of carbonyl (C=O) groups is 2. The van der Waals surface area contributed by atoms with Crippen LogP contribution in [0.3, 0.4) is 0 Å². The van der Waals surface area contributed by atoms with E-state index in [2.05, 4.69) is 43.2 Å². The van der Waals surface area contributed by atoms with Crippen LogP contribution in [0.25, 0.3) is 0 Å². The van der Waals surface area contributed by atoms with Gasteiger partial charge in [0.25, 0.3) is 0 Å². The lowest BCUT2D eigenvalue weighted by Gasteiger charge is -2.34. The summed E-state index contributed by atoms with van der Waals surface area (Å²) >= 11 is 0. The van der Waals surface area contributed by atoms with Gasteiger partial charge < -0.3 is 10.2 Å². The number of likely N-dealkylation sites (tertiary alicyclic amines) is 1. The van der Waals surface area contributed by atoms with Gasteiger partial charge >= 0.3 is 11.8 Å². The van der Waals surface area contributed by atoms with Crippen molar-refractivity contribution in [1.29, 1.82) is 0 Å². The standard InChI is InChI=1S/C21H25N3O2/c1-14-5-4-10-24(12-14)19(26)18(25)23-16-6-7-17-21(3)15(11-16)8-9-20(21,2)13-22-17/h6-9,11,13-14H,4-5,10,12H2,1-3H3,(H,23,25). The number of nitrogens with zero attached hydrogens (tertiary/aromatic N) is 2. The van der Waals surface area contributed by atoms with E-state index in [1.807, 2.05) is 24.4 Å². The van der Waals surface area contributed by atoms with Crippen LogP contribution in [-0.2, 0) is 9.59 Å². The van der Waals surface area contributed by atoms with Gasteiger partial charge in [0.05, 0.1) is 5.70 Å². The fourth-order valence-corrected chi connectivity index (χ4v) is 4.40. The van der Waals surface area contributed by atoms with Crippen LogP contribution in [0.5, 0.6) is 0 Å². The third-order valence-electron chi connectivity index (χ3n) is 6.38. The van der Waals surface area contributed by atoms with E-state index in [4.69, 9.17) is 0 Å². The van der Waals surface area contributed by atoms with E-state index in [0.717, 1.165) is 24.1 Å². The molecular formula is C21H25N3O2. The van der Waals surface area contributed by atoms with Crippen molar-refractivity contribution in [2.75, 3.05) is 13.1 Å². The topological polar surface area (TPSA) is 61.8 Å². The number of hydrogen-bond acceptors (Lipinski definition) is 3. The molecule has 1 saturated heterocycles. The zero-order chi connectivity index (χ0) is 18.5. The molecule has 136 valence electrons. The zero-order valence-corrected chi connectivity index (χ0v) is 15.6. The first-order chi connectivity index (χ1) is 12.3. The maximum absolute atomic E-state index is 12.5. The van der Waals surface area contributed by atoms with E-state index < -0.39 is 11.8 Å². The molecule has 2 aliphatic carbocycles. The summed E-state index contributed by atoms with van der Waals surface area (Å²) in [5, 5.41) is 2.80. The van der Waals surface area contributed by atoms with E-state index >= 15 is 0 Å². The summed E-state index contributed by atoms with van der Waals surface area (Å²) in [6.07, 6.45) is 14.1. The number of hydrogen-bond donors (Lipinski definition) is 1. The van der Waals surface area contributed by atoms with Crippen LogP contribution in [0, 0.1) is 16.7 Å². The van der Waals surface area contributed by atoms with Crippen molar-refractivity contribution >= 4 is 18.0 Å². The molecule has 0 bridgehead atoms. The molecule has 0 aromatic heterocycles.